The molecule has 1 N–H and O–H groups in total. The van der Waals surface area contributed by atoms with E-state index in [2.05, 4.69) is 5.32 Å². The highest BCUT2D eigenvalue weighted by molar-refractivity contribution is 5.92. The Labute approximate surface area is 128 Å². The van der Waals surface area contributed by atoms with E-state index in [-0.39, 0.29) is 30.4 Å². The molecule has 0 amide bonds. The van der Waals surface area contributed by atoms with Crippen LogP contribution >= 0.6 is 0 Å². The zero-order chi connectivity index (χ0) is 16.2. The Bertz CT molecular complexity index is 569. The van der Waals surface area contributed by atoms with Crippen LogP contribution in [0.15, 0.2) is 18.2 Å². The van der Waals surface area contributed by atoms with Crippen LogP contribution in [0.3, 0.4) is 0 Å². The van der Waals surface area contributed by atoms with E-state index in [1.165, 1.54) is 12.1 Å². The monoisotopic (exact) mass is 309 g/mol. The minimum atomic E-state index is -0.899. The molecule has 0 radical (unpaired) electrons. The number of halogens is 1. The van der Waals surface area contributed by atoms with Crippen molar-refractivity contribution in [2.75, 3.05) is 18.5 Å². The molecule has 0 saturated heterocycles. The molecule has 2 rings (SSSR count). The first-order valence-electron chi connectivity index (χ1n) is 7.45. The van der Waals surface area contributed by atoms with Crippen molar-refractivity contribution in [2.24, 2.45) is 0 Å². The van der Waals surface area contributed by atoms with Gasteiger partial charge in [0.05, 0.1) is 24.5 Å². The van der Waals surface area contributed by atoms with Gasteiger partial charge in [0.2, 0.25) is 0 Å². The van der Waals surface area contributed by atoms with Crippen LogP contribution in [0.25, 0.3) is 0 Å². The van der Waals surface area contributed by atoms with Gasteiger partial charge < -0.3 is 14.8 Å². The van der Waals surface area contributed by atoms with Gasteiger partial charge in [-0.1, -0.05) is 6.07 Å². The molecule has 1 fully saturated rings. The van der Waals surface area contributed by atoms with Gasteiger partial charge in [0.15, 0.2) is 5.82 Å². The summed E-state index contributed by atoms with van der Waals surface area (Å²) in [5.74, 6) is -1.82. The van der Waals surface area contributed by atoms with Crippen molar-refractivity contribution in [1.29, 1.82) is 0 Å². The van der Waals surface area contributed by atoms with E-state index in [0.717, 1.165) is 6.42 Å². The molecule has 22 heavy (non-hydrogen) atoms. The number of benzene rings is 1. The fourth-order valence-electron chi connectivity index (χ4n) is 2.43. The SMILES string of the molecule is CCOC(=O)c1cccc(NC2(C(=O)OCC)CCC2)c1F. The second kappa shape index (κ2) is 6.77. The summed E-state index contributed by atoms with van der Waals surface area (Å²) < 4.78 is 24.4. The number of rotatable bonds is 6. The number of hydrogen-bond donors (Lipinski definition) is 1. The van der Waals surface area contributed by atoms with Crippen molar-refractivity contribution >= 4 is 17.6 Å². The van der Waals surface area contributed by atoms with E-state index in [4.69, 9.17) is 9.47 Å². The van der Waals surface area contributed by atoms with Gasteiger partial charge in [-0.2, -0.15) is 0 Å². The fraction of sp³-hybridized carbons (Fsp3) is 0.500. The number of esters is 2. The first-order chi connectivity index (χ1) is 10.5. The maximum absolute atomic E-state index is 14.5. The van der Waals surface area contributed by atoms with E-state index in [0.29, 0.717) is 12.8 Å². The van der Waals surface area contributed by atoms with Crippen molar-refractivity contribution in [3.63, 3.8) is 0 Å². The summed E-state index contributed by atoms with van der Waals surface area (Å²) in [5, 5.41) is 2.92. The third kappa shape index (κ3) is 3.05. The highest BCUT2D eigenvalue weighted by Crippen LogP contribution is 2.37. The van der Waals surface area contributed by atoms with Gasteiger partial charge in [0.25, 0.3) is 0 Å². The van der Waals surface area contributed by atoms with E-state index in [1.807, 2.05) is 0 Å². The molecule has 1 aliphatic rings. The number of anilines is 1. The molecule has 1 aromatic rings. The van der Waals surface area contributed by atoms with Gasteiger partial charge >= 0.3 is 11.9 Å². The van der Waals surface area contributed by atoms with Crippen LogP contribution in [0.5, 0.6) is 0 Å². The number of carbonyl (C=O) groups is 2. The highest BCUT2D eigenvalue weighted by atomic mass is 19.1. The van der Waals surface area contributed by atoms with Gasteiger partial charge in [0.1, 0.15) is 5.54 Å². The van der Waals surface area contributed by atoms with Gasteiger partial charge in [-0.15, -0.1) is 0 Å². The highest BCUT2D eigenvalue weighted by Gasteiger charge is 2.46. The maximum atomic E-state index is 14.5. The minimum Gasteiger partial charge on any atom is -0.464 e. The Hall–Kier alpha value is -2.11. The lowest BCUT2D eigenvalue weighted by atomic mass is 9.76. The van der Waals surface area contributed by atoms with E-state index >= 15 is 0 Å². The summed E-state index contributed by atoms with van der Waals surface area (Å²) in [7, 11) is 0. The standard InChI is InChI=1S/C16H20FNO4/c1-3-21-14(19)11-7-5-8-12(13(11)17)18-16(9-6-10-16)15(20)22-4-2/h5,7-8,18H,3-4,6,9-10H2,1-2H3. The number of ether oxygens (including phenoxy) is 2. The van der Waals surface area contributed by atoms with Crippen LogP contribution < -0.4 is 5.32 Å². The molecule has 6 heteroatoms. The molecule has 0 atom stereocenters. The molecular weight excluding hydrogens is 289 g/mol. The Morgan fingerprint density at radius 2 is 1.91 bits per heavy atom. The van der Waals surface area contributed by atoms with Crippen LogP contribution in [0, 0.1) is 5.82 Å². The summed E-state index contributed by atoms with van der Waals surface area (Å²) in [6.45, 7) is 3.82. The molecule has 1 saturated carbocycles. The molecular formula is C16H20FNO4. The van der Waals surface area contributed by atoms with Crippen molar-refractivity contribution in [1.82, 2.24) is 0 Å². The first kappa shape index (κ1) is 16.3. The number of carbonyl (C=O) groups excluding carboxylic acids is 2. The van der Waals surface area contributed by atoms with Gasteiger partial charge in [0, 0.05) is 0 Å². The second-order valence-corrected chi connectivity index (χ2v) is 5.17. The Kier molecular flexibility index (Phi) is 5.00. The van der Waals surface area contributed by atoms with E-state index in [9.17, 15) is 14.0 Å². The van der Waals surface area contributed by atoms with Crippen molar-refractivity contribution in [3.8, 4) is 0 Å². The van der Waals surface area contributed by atoms with Gasteiger partial charge in [-0.05, 0) is 45.2 Å². The van der Waals surface area contributed by atoms with Crippen LogP contribution in [0.1, 0.15) is 43.5 Å². The molecule has 0 bridgehead atoms. The molecule has 1 aliphatic carbocycles. The lowest BCUT2D eigenvalue weighted by Crippen LogP contribution is -2.53. The third-order valence-corrected chi connectivity index (χ3v) is 3.74. The van der Waals surface area contributed by atoms with E-state index < -0.39 is 17.3 Å². The lowest BCUT2D eigenvalue weighted by molar-refractivity contribution is -0.151. The molecule has 0 unspecified atom stereocenters. The average Bonchev–Trinajstić information content (AvgIpc) is 2.44. The summed E-state index contributed by atoms with van der Waals surface area (Å²) >= 11 is 0. The Morgan fingerprint density at radius 3 is 2.45 bits per heavy atom. The quantitative estimate of drug-likeness (QED) is 0.819. The van der Waals surface area contributed by atoms with Crippen LogP contribution in [-0.2, 0) is 14.3 Å². The summed E-state index contributed by atoms with van der Waals surface area (Å²) in [6.07, 6.45) is 2.02. The van der Waals surface area contributed by atoms with Crippen molar-refractivity contribution in [3.05, 3.63) is 29.6 Å². The molecule has 120 valence electrons. The largest absolute Gasteiger partial charge is 0.464 e. The minimum absolute atomic E-state index is 0.110. The summed E-state index contributed by atoms with van der Waals surface area (Å²) in [6, 6.07) is 4.41. The molecule has 5 nitrogen and oxygen atoms in total. The van der Waals surface area contributed by atoms with Crippen LogP contribution in [0.2, 0.25) is 0 Å². The van der Waals surface area contributed by atoms with Crippen molar-refractivity contribution in [2.45, 2.75) is 38.6 Å². The summed E-state index contributed by atoms with van der Waals surface area (Å²) in [5.41, 5.74) is -0.937. The topological polar surface area (TPSA) is 64.6 Å². The van der Waals surface area contributed by atoms with Crippen LogP contribution in [-0.4, -0.2) is 30.7 Å². The van der Waals surface area contributed by atoms with Crippen molar-refractivity contribution < 1.29 is 23.5 Å². The van der Waals surface area contributed by atoms with Gasteiger partial charge in [-0.3, -0.25) is 0 Å². The lowest BCUT2D eigenvalue weighted by Gasteiger charge is -2.40. The Balaban J connectivity index is 2.24. The van der Waals surface area contributed by atoms with E-state index in [1.54, 1.807) is 19.9 Å². The Morgan fingerprint density at radius 1 is 1.23 bits per heavy atom. The third-order valence-electron chi connectivity index (χ3n) is 3.74. The van der Waals surface area contributed by atoms with Gasteiger partial charge in [-0.25, -0.2) is 14.0 Å². The molecule has 0 aromatic heterocycles. The first-order valence-corrected chi connectivity index (χ1v) is 7.45. The normalized spacial score (nSPS) is 15.6. The average molecular weight is 309 g/mol. The number of nitrogens with one attached hydrogen (secondary N) is 1. The molecule has 1 aromatic carbocycles. The zero-order valence-electron chi connectivity index (χ0n) is 12.8. The maximum Gasteiger partial charge on any atom is 0.341 e. The molecule has 0 heterocycles. The molecule has 0 spiro atoms. The second-order valence-electron chi connectivity index (χ2n) is 5.17. The molecule has 0 aliphatic heterocycles. The van der Waals surface area contributed by atoms with Crippen LogP contribution in [0.4, 0.5) is 10.1 Å². The zero-order valence-corrected chi connectivity index (χ0v) is 12.8. The number of hydrogen-bond acceptors (Lipinski definition) is 5. The fourth-order valence-corrected chi connectivity index (χ4v) is 2.43. The predicted octanol–water partition coefficient (Wildman–Crippen LogP) is 2.90. The summed E-state index contributed by atoms with van der Waals surface area (Å²) in [4.78, 5) is 23.8. The predicted molar refractivity (Wildman–Crippen MR) is 79.2 cm³/mol. The smallest absolute Gasteiger partial charge is 0.341 e.